The van der Waals surface area contributed by atoms with Crippen molar-refractivity contribution >= 4 is 11.7 Å². The first kappa shape index (κ1) is 23.1. The second-order valence-corrected chi connectivity index (χ2v) is 7.41. The van der Waals surface area contributed by atoms with Crippen LogP contribution < -0.4 is 0 Å². The molecule has 5 nitrogen and oxygen atoms in total. The first-order chi connectivity index (χ1) is 13.1. The second-order valence-electron chi connectivity index (χ2n) is 7.41. The molecule has 27 heavy (non-hydrogen) atoms. The molecule has 0 fully saturated rings. The molecule has 0 amide bonds. The summed E-state index contributed by atoms with van der Waals surface area (Å²) in [6.45, 7) is 0. The van der Waals surface area contributed by atoms with Gasteiger partial charge < -0.3 is 5.11 Å². The number of hydrogen-bond acceptors (Lipinski definition) is 3. The summed E-state index contributed by atoms with van der Waals surface area (Å²) in [7, 11) is 0. The summed E-state index contributed by atoms with van der Waals surface area (Å²) < 4.78 is 0. The Morgan fingerprint density at radius 1 is 0.741 bits per heavy atom. The number of nitro groups is 1. The van der Waals surface area contributed by atoms with Crippen LogP contribution in [0.15, 0.2) is 24.3 Å². The zero-order chi connectivity index (χ0) is 19.7. The molecule has 0 aliphatic carbocycles. The number of hydrogen-bond donors (Lipinski definition) is 1. The van der Waals surface area contributed by atoms with Crippen molar-refractivity contribution in [2.45, 2.75) is 96.3 Å². The van der Waals surface area contributed by atoms with Crippen molar-refractivity contribution < 1.29 is 14.8 Å². The van der Waals surface area contributed by atoms with Gasteiger partial charge in [-0.3, -0.25) is 14.9 Å². The average Bonchev–Trinajstić information content (AvgIpc) is 2.65. The minimum absolute atomic E-state index is 0.164. The average molecular weight is 378 g/mol. The van der Waals surface area contributed by atoms with Gasteiger partial charge in [-0.25, -0.2) is 0 Å². The van der Waals surface area contributed by atoms with Gasteiger partial charge in [0.05, 0.1) is 4.92 Å². The molecule has 1 aromatic carbocycles. The molecule has 0 atom stereocenters. The third-order valence-electron chi connectivity index (χ3n) is 5.00. The maximum atomic E-state index is 10.6. The third-order valence-corrected chi connectivity index (χ3v) is 5.00. The van der Waals surface area contributed by atoms with Gasteiger partial charge >= 0.3 is 5.97 Å². The number of carbonyl (C=O) groups is 1. The highest BCUT2D eigenvalue weighted by molar-refractivity contribution is 5.66. The highest BCUT2D eigenvalue weighted by atomic mass is 16.6. The molecule has 0 aliphatic heterocycles. The van der Waals surface area contributed by atoms with Crippen LogP contribution in [0, 0.1) is 10.1 Å². The smallest absolute Gasteiger partial charge is 0.303 e. The molecule has 1 aromatic rings. The fraction of sp³-hybridized carbons (Fsp3) is 0.682. The predicted octanol–water partition coefficient (Wildman–Crippen LogP) is 6.68. The number of nitro benzene ring substituents is 1. The minimum Gasteiger partial charge on any atom is -0.481 e. The van der Waals surface area contributed by atoms with Gasteiger partial charge in [0.25, 0.3) is 5.69 Å². The zero-order valence-electron chi connectivity index (χ0n) is 16.5. The van der Waals surface area contributed by atoms with Crippen molar-refractivity contribution in [3.63, 3.8) is 0 Å². The number of carboxylic acids is 1. The molecular weight excluding hydrogens is 342 g/mol. The molecule has 1 N–H and O–H groups in total. The number of non-ortho nitro benzene ring substituents is 1. The van der Waals surface area contributed by atoms with Crippen LogP contribution in [0.25, 0.3) is 0 Å². The molecule has 0 saturated carbocycles. The van der Waals surface area contributed by atoms with Gasteiger partial charge in [0.1, 0.15) is 0 Å². The molecule has 1 rings (SSSR count). The van der Waals surface area contributed by atoms with E-state index in [4.69, 9.17) is 5.11 Å². The lowest BCUT2D eigenvalue weighted by molar-refractivity contribution is -0.384. The van der Waals surface area contributed by atoms with Gasteiger partial charge in [-0.2, -0.15) is 0 Å². The Hall–Kier alpha value is -1.91. The molecule has 0 spiro atoms. The number of nitrogens with zero attached hydrogens (tertiary/aromatic N) is 1. The quantitative estimate of drug-likeness (QED) is 0.186. The molecule has 0 bridgehead atoms. The van der Waals surface area contributed by atoms with Crippen LogP contribution >= 0.6 is 0 Å². The molecule has 0 aromatic heterocycles. The van der Waals surface area contributed by atoms with E-state index < -0.39 is 5.97 Å². The molecule has 0 saturated heterocycles. The van der Waals surface area contributed by atoms with Crippen molar-refractivity contribution in [2.75, 3.05) is 0 Å². The van der Waals surface area contributed by atoms with Crippen LogP contribution in [0.1, 0.15) is 95.5 Å². The van der Waals surface area contributed by atoms with E-state index in [1.54, 1.807) is 12.1 Å². The largest absolute Gasteiger partial charge is 0.481 e. The normalized spacial score (nSPS) is 10.8. The van der Waals surface area contributed by atoms with Gasteiger partial charge in [0.15, 0.2) is 0 Å². The lowest BCUT2D eigenvalue weighted by Gasteiger charge is -2.04. The van der Waals surface area contributed by atoms with Crippen LogP contribution in [0.2, 0.25) is 0 Å². The Morgan fingerprint density at radius 3 is 1.56 bits per heavy atom. The van der Waals surface area contributed by atoms with Gasteiger partial charge in [-0.15, -0.1) is 0 Å². The molecule has 0 unspecified atom stereocenters. The van der Waals surface area contributed by atoms with Crippen LogP contribution in [-0.4, -0.2) is 16.0 Å². The number of aryl methyl sites for hydroxylation is 1. The fourth-order valence-electron chi connectivity index (χ4n) is 3.33. The Labute approximate surface area is 163 Å². The maximum absolute atomic E-state index is 10.6. The summed E-state index contributed by atoms with van der Waals surface area (Å²) in [5, 5.41) is 19.2. The SMILES string of the molecule is O=C(O)CCCCCCCCCCCCCCCc1ccc([N+](=O)[O-])cc1. The van der Waals surface area contributed by atoms with E-state index in [1.165, 1.54) is 69.8 Å². The topological polar surface area (TPSA) is 80.4 Å². The molecular formula is C22H35NO4. The molecule has 0 radical (unpaired) electrons. The fourth-order valence-corrected chi connectivity index (χ4v) is 3.33. The van der Waals surface area contributed by atoms with Gasteiger partial charge in [0, 0.05) is 18.6 Å². The maximum Gasteiger partial charge on any atom is 0.303 e. The monoisotopic (exact) mass is 377 g/mol. The first-order valence-electron chi connectivity index (χ1n) is 10.5. The van der Waals surface area contributed by atoms with Crippen LogP contribution in [0.4, 0.5) is 5.69 Å². The van der Waals surface area contributed by atoms with Crippen molar-refractivity contribution in [1.29, 1.82) is 0 Å². The Kier molecular flexibility index (Phi) is 13.0. The predicted molar refractivity (Wildman–Crippen MR) is 109 cm³/mol. The highest BCUT2D eigenvalue weighted by Gasteiger charge is 2.03. The van der Waals surface area contributed by atoms with Crippen molar-refractivity contribution in [1.82, 2.24) is 0 Å². The Balaban J connectivity index is 1.82. The van der Waals surface area contributed by atoms with E-state index in [0.717, 1.165) is 25.7 Å². The summed E-state index contributed by atoms with van der Waals surface area (Å²) in [6.07, 6.45) is 17.1. The van der Waals surface area contributed by atoms with E-state index in [1.807, 2.05) is 12.1 Å². The summed E-state index contributed by atoms with van der Waals surface area (Å²) in [6, 6.07) is 6.91. The number of rotatable bonds is 17. The van der Waals surface area contributed by atoms with Gasteiger partial charge in [0.2, 0.25) is 0 Å². The zero-order valence-corrected chi connectivity index (χ0v) is 16.5. The standard InChI is InChI=1S/C22H35NO4/c24-22(25)15-13-11-9-7-5-3-1-2-4-6-8-10-12-14-20-16-18-21(19-17-20)23(26)27/h16-19H,1-15H2,(H,24,25). The van der Waals surface area contributed by atoms with Crippen LogP contribution in [0.3, 0.4) is 0 Å². The van der Waals surface area contributed by atoms with Gasteiger partial charge in [-0.1, -0.05) is 82.8 Å². The summed E-state index contributed by atoms with van der Waals surface area (Å²) in [5.74, 6) is -0.679. The van der Waals surface area contributed by atoms with Crippen LogP contribution in [-0.2, 0) is 11.2 Å². The summed E-state index contributed by atoms with van der Waals surface area (Å²) >= 11 is 0. The second kappa shape index (κ2) is 15.2. The van der Waals surface area contributed by atoms with Gasteiger partial charge in [-0.05, 0) is 24.8 Å². The third kappa shape index (κ3) is 13.0. The molecule has 5 heteroatoms. The lowest BCUT2D eigenvalue weighted by Crippen LogP contribution is -1.93. The molecule has 0 heterocycles. The number of unbranched alkanes of at least 4 members (excludes halogenated alkanes) is 12. The van der Waals surface area contributed by atoms with E-state index in [2.05, 4.69) is 0 Å². The molecule has 152 valence electrons. The molecule has 0 aliphatic rings. The Morgan fingerprint density at radius 2 is 1.15 bits per heavy atom. The minimum atomic E-state index is -0.679. The first-order valence-corrected chi connectivity index (χ1v) is 10.5. The van der Waals surface area contributed by atoms with E-state index >= 15 is 0 Å². The van der Waals surface area contributed by atoms with E-state index in [-0.39, 0.29) is 10.6 Å². The number of carboxylic acid groups (broad SMARTS) is 1. The number of benzene rings is 1. The Bertz CT molecular complexity index is 528. The summed E-state index contributed by atoms with van der Waals surface area (Å²) in [5.41, 5.74) is 1.35. The van der Waals surface area contributed by atoms with E-state index in [9.17, 15) is 14.9 Å². The van der Waals surface area contributed by atoms with Crippen molar-refractivity contribution in [3.8, 4) is 0 Å². The van der Waals surface area contributed by atoms with E-state index in [0.29, 0.717) is 6.42 Å². The van der Waals surface area contributed by atoms with Crippen molar-refractivity contribution in [2.24, 2.45) is 0 Å². The van der Waals surface area contributed by atoms with Crippen LogP contribution in [0.5, 0.6) is 0 Å². The highest BCUT2D eigenvalue weighted by Crippen LogP contribution is 2.16. The number of aliphatic carboxylic acids is 1. The summed E-state index contributed by atoms with van der Waals surface area (Å²) in [4.78, 5) is 20.7. The van der Waals surface area contributed by atoms with Crippen molar-refractivity contribution in [3.05, 3.63) is 39.9 Å². The lowest BCUT2D eigenvalue weighted by atomic mass is 10.0.